The molecule has 2 atom stereocenters. The Morgan fingerprint density at radius 1 is 1.20 bits per heavy atom. The lowest BCUT2D eigenvalue weighted by Gasteiger charge is -2.23. The van der Waals surface area contributed by atoms with E-state index in [2.05, 4.69) is 34.4 Å². The average molecular weight is 275 g/mol. The fourth-order valence-corrected chi connectivity index (χ4v) is 3.53. The van der Waals surface area contributed by atoms with Gasteiger partial charge in [-0.1, -0.05) is 6.92 Å². The largest absolute Gasteiger partial charge is 0.373 e. The average Bonchev–Trinajstić information content (AvgIpc) is 3.06. The zero-order valence-electron chi connectivity index (χ0n) is 12.7. The van der Waals surface area contributed by atoms with Gasteiger partial charge in [0, 0.05) is 37.7 Å². The number of aryl methyl sites for hydroxylation is 1. The first-order chi connectivity index (χ1) is 9.72. The molecule has 20 heavy (non-hydrogen) atoms. The fraction of sp³-hybridized carbons (Fsp3) is 0.733. The molecular weight excluding hydrogens is 250 g/mol. The molecule has 2 saturated heterocycles. The number of anilines is 2. The van der Waals surface area contributed by atoms with Crippen LogP contribution >= 0.6 is 0 Å². The van der Waals surface area contributed by atoms with Gasteiger partial charge in [0.2, 0.25) is 0 Å². The lowest BCUT2D eigenvalue weighted by molar-refractivity contribution is 0.318. The minimum atomic E-state index is 0.542. The Hall–Kier alpha value is -1.36. The molecule has 2 fully saturated rings. The van der Waals surface area contributed by atoms with Gasteiger partial charge in [0.05, 0.1) is 0 Å². The molecule has 0 aromatic carbocycles. The van der Waals surface area contributed by atoms with Crippen LogP contribution < -0.4 is 10.6 Å². The van der Waals surface area contributed by atoms with Gasteiger partial charge in [0.25, 0.3) is 0 Å². The molecule has 0 saturated carbocycles. The Morgan fingerprint density at radius 2 is 2.00 bits per heavy atom. The zero-order valence-corrected chi connectivity index (χ0v) is 12.7. The first kappa shape index (κ1) is 13.6. The van der Waals surface area contributed by atoms with Crippen molar-refractivity contribution in [1.82, 2.24) is 14.9 Å². The van der Waals surface area contributed by atoms with Crippen molar-refractivity contribution in [2.24, 2.45) is 0 Å². The normalized spacial score (nSPS) is 25.8. The summed E-state index contributed by atoms with van der Waals surface area (Å²) in [7, 11) is 1.92. The van der Waals surface area contributed by atoms with Crippen LogP contribution in [0, 0.1) is 6.92 Å². The molecule has 5 nitrogen and oxygen atoms in total. The van der Waals surface area contributed by atoms with Crippen molar-refractivity contribution < 1.29 is 0 Å². The maximum atomic E-state index is 4.70. The van der Waals surface area contributed by atoms with E-state index in [4.69, 9.17) is 4.98 Å². The van der Waals surface area contributed by atoms with Crippen molar-refractivity contribution in [3.05, 3.63) is 11.4 Å². The summed E-state index contributed by atoms with van der Waals surface area (Å²) in [5, 5.41) is 6.88. The molecule has 0 radical (unpaired) electrons. The van der Waals surface area contributed by atoms with Crippen molar-refractivity contribution in [1.29, 1.82) is 0 Å². The number of hydrogen-bond donors (Lipinski definition) is 2. The van der Waals surface area contributed by atoms with E-state index in [1.54, 1.807) is 0 Å². The van der Waals surface area contributed by atoms with Crippen LogP contribution in [0.5, 0.6) is 0 Å². The van der Waals surface area contributed by atoms with Gasteiger partial charge in [-0.15, -0.1) is 0 Å². The number of nitrogens with zero attached hydrogens (tertiary/aromatic N) is 3. The van der Waals surface area contributed by atoms with Crippen LogP contribution in [0.1, 0.15) is 37.6 Å². The number of nitrogens with one attached hydrogen (secondary N) is 2. The lowest BCUT2D eigenvalue weighted by Crippen LogP contribution is -2.34. The topological polar surface area (TPSA) is 53.1 Å². The number of fused-ring (bicyclic) bond motifs is 1. The molecule has 0 amide bonds. The summed E-state index contributed by atoms with van der Waals surface area (Å²) in [5.74, 6) is 2.87. The van der Waals surface area contributed by atoms with Crippen LogP contribution in [-0.2, 0) is 6.42 Å². The molecule has 2 unspecified atom stereocenters. The predicted octanol–water partition coefficient (Wildman–Crippen LogP) is 2.04. The Balaban J connectivity index is 1.83. The highest BCUT2D eigenvalue weighted by Gasteiger charge is 2.37. The summed E-state index contributed by atoms with van der Waals surface area (Å²) >= 11 is 0. The Bertz CT molecular complexity index is 487. The van der Waals surface area contributed by atoms with Crippen LogP contribution in [0.15, 0.2) is 0 Å². The van der Waals surface area contributed by atoms with E-state index < -0.39 is 0 Å². The van der Waals surface area contributed by atoms with Gasteiger partial charge in [0.15, 0.2) is 0 Å². The van der Waals surface area contributed by atoms with Gasteiger partial charge in [0.1, 0.15) is 17.5 Å². The van der Waals surface area contributed by atoms with Gasteiger partial charge < -0.3 is 10.6 Å². The maximum absolute atomic E-state index is 4.70. The van der Waals surface area contributed by atoms with Gasteiger partial charge in [-0.3, -0.25) is 4.90 Å². The highest BCUT2D eigenvalue weighted by molar-refractivity contribution is 5.57. The number of hydrogen-bond acceptors (Lipinski definition) is 5. The van der Waals surface area contributed by atoms with E-state index in [0.717, 1.165) is 29.4 Å². The summed E-state index contributed by atoms with van der Waals surface area (Å²) in [6.45, 7) is 6.69. The summed E-state index contributed by atoms with van der Waals surface area (Å²) in [5.41, 5.74) is 1.13. The molecule has 2 N–H and O–H groups in total. The Labute approximate surface area is 121 Å². The first-order valence-electron chi connectivity index (χ1n) is 7.78. The molecular formula is C15H25N5. The molecule has 1 aromatic rings. The van der Waals surface area contributed by atoms with Gasteiger partial charge >= 0.3 is 0 Å². The van der Waals surface area contributed by atoms with E-state index in [0.29, 0.717) is 12.1 Å². The van der Waals surface area contributed by atoms with E-state index in [1.807, 2.05) is 7.05 Å². The second-order valence-electron chi connectivity index (χ2n) is 5.85. The maximum Gasteiger partial charge on any atom is 0.135 e. The van der Waals surface area contributed by atoms with Crippen molar-refractivity contribution in [2.75, 3.05) is 30.8 Å². The standard InChI is InChI=1S/C15H25N5/c1-4-13-18-14(16-3)10(2)15(19-13)17-11-7-9-20-8-5-6-12(11)20/h11-12H,4-9H2,1-3H3,(H2,16,17,18,19). The Morgan fingerprint density at radius 3 is 2.75 bits per heavy atom. The first-order valence-corrected chi connectivity index (χ1v) is 7.78. The minimum Gasteiger partial charge on any atom is -0.373 e. The van der Waals surface area contributed by atoms with E-state index in [9.17, 15) is 0 Å². The Kier molecular flexibility index (Phi) is 3.78. The molecule has 3 heterocycles. The molecule has 0 bridgehead atoms. The zero-order chi connectivity index (χ0) is 14.1. The molecule has 110 valence electrons. The SMILES string of the molecule is CCc1nc(NC)c(C)c(NC2CCN3CCCC23)n1. The fourth-order valence-electron chi connectivity index (χ4n) is 3.53. The van der Waals surface area contributed by atoms with Crippen LogP contribution in [0.25, 0.3) is 0 Å². The van der Waals surface area contributed by atoms with Gasteiger partial charge in [-0.05, 0) is 32.7 Å². The quantitative estimate of drug-likeness (QED) is 0.880. The second kappa shape index (κ2) is 5.56. The summed E-state index contributed by atoms with van der Waals surface area (Å²) in [6, 6.07) is 1.24. The molecule has 0 spiro atoms. The summed E-state index contributed by atoms with van der Waals surface area (Å²) in [4.78, 5) is 11.9. The molecule has 1 aromatic heterocycles. The highest BCUT2D eigenvalue weighted by atomic mass is 15.2. The van der Waals surface area contributed by atoms with Crippen molar-refractivity contribution in [3.63, 3.8) is 0 Å². The van der Waals surface area contributed by atoms with Gasteiger partial charge in [-0.2, -0.15) is 0 Å². The van der Waals surface area contributed by atoms with Crippen molar-refractivity contribution in [2.45, 2.75) is 51.6 Å². The second-order valence-corrected chi connectivity index (χ2v) is 5.85. The van der Waals surface area contributed by atoms with Crippen molar-refractivity contribution in [3.8, 4) is 0 Å². The summed E-state index contributed by atoms with van der Waals surface area (Å²) < 4.78 is 0. The van der Waals surface area contributed by atoms with Crippen LogP contribution in [-0.4, -0.2) is 47.1 Å². The minimum absolute atomic E-state index is 0.542. The molecule has 2 aliphatic heterocycles. The lowest BCUT2D eigenvalue weighted by atomic mass is 10.1. The number of rotatable bonds is 4. The number of aromatic nitrogens is 2. The predicted molar refractivity (Wildman–Crippen MR) is 82.3 cm³/mol. The molecule has 0 aliphatic carbocycles. The molecule has 5 heteroatoms. The third kappa shape index (κ3) is 2.35. The third-order valence-electron chi connectivity index (χ3n) is 4.67. The van der Waals surface area contributed by atoms with E-state index in [1.165, 1.54) is 32.4 Å². The van der Waals surface area contributed by atoms with Crippen LogP contribution in [0.2, 0.25) is 0 Å². The van der Waals surface area contributed by atoms with Crippen LogP contribution in [0.4, 0.5) is 11.6 Å². The van der Waals surface area contributed by atoms with Crippen LogP contribution in [0.3, 0.4) is 0 Å². The highest BCUT2D eigenvalue weighted by Crippen LogP contribution is 2.31. The third-order valence-corrected chi connectivity index (χ3v) is 4.67. The monoisotopic (exact) mass is 275 g/mol. The summed E-state index contributed by atoms with van der Waals surface area (Å²) in [6.07, 6.45) is 4.75. The van der Waals surface area contributed by atoms with Gasteiger partial charge in [-0.25, -0.2) is 9.97 Å². The smallest absolute Gasteiger partial charge is 0.135 e. The van der Waals surface area contributed by atoms with E-state index >= 15 is 0 Å². The van der Waals surface area contributed by atoms with Crippen molar-refractivity contribution >= 4 is 11.6 Å². The van der Waals surface area contributed by atoms with E-state index in [-0.39, 0.29) is 0 Å². The molecule has 2 aliphatic rings. The molecule has 3 rings (SSSR count).